The van der Waals surface area contributed by atoms with Crippen molar-refractivity contribution in [2.24, 2.45) is 10.1 Å². The molecule has 0 fully saturated rings. The molecule has 0 saturated carbocycles. The lowest BCUT2D eigenvalue weighted by atomic mass is 10.4. The summed E-state index contributed by atoms with van der Waals surface area (Å²) in [7, 11) is -8.03. The van der Waals surface area contributed by atoms with Gasteiger partial charge in [0.15, 0.2) is 5.03 Å². The lowest BCUT2D eigenvalue weighted by Gasteiger charge is -1.91. The Morgan fingerprint density at radius 2 is 2.00 bits per heavy atom. The van der Waals surface area contributed by atoms with Gasteiger partial charge in [0, 0.05) is 12.3 Å². The van der Waals surface area contributed by atoms with E-state index in [-0.39, 0.29) is 0 Å². The van der Waals surface area contributed by atoms with Crippen LogP contribution >= 0.6 is 0 Å². The minimum atomic E-state index is -4.04. The summed E-state index contributed by atoms with van der Waals surface area (Å²) in [5, 5.41) is -1.99. The molecule has 0 amide bonds. The van der Waals surface area contributed by atoms with Crippen molar-refractivity contribution in [1.82, 2.24) is 0 Å². The average Bonchev–Trinajstić information content (AvgIpc) is 2.23. The van der Waals surface area contributed by atoms with Gasteiger partial charge in [0.1, 0.15) is 5.71 Å². The normalized spacial score (nSPS) is 20.1. The minimum absolute atomic E-state index is 0.635. The highest BCUT2D eigenvalue weighted by Crippen LogP contribution is 2.12. The molecule has 0 atom stereocenters. The number of rotatable bonds is 1. The van der Waals surface area contributed by atoms with Gasteiger partial charge in [-0.2, -0.15) is 12.8 Å². The van der Waals surface area contributed by atoms with Gasteiger partial charge in [0.25, 0.3) is 15.1 Å². The van der Waals surface area contributed by atoms with E-state index in [0.29, 0.717) is 6.26 Å². The number of allylic oxidation sites excluding steroid dienone is 1. The number of sulfone groups is 1. The monoisotopic (exact) mass is 238 g/mol. The van der Waals surface area contributed by atoms with Crippen molar-refractivity contribution in [3.05, 3.63) is 11.1 Å². The topological polar surface area (TPSA) is 124 Å². The van der Waals surface area contributed by atoms with E-state index in [0.717, 1.165) is 6.08 Å². The van der Waals surface area contributed by atoms with Crippen LogP contribution in [0.5, 0.6) is 0 Å². The number of sulfonamides is 1. The van der Waals surface area contributed by atoms with E-state index in [1.165, 1.54) is 0 Å². The number of nitrogens with zero attached hydrogens (tertiary/aromatic N) is 1. The van der Waals surface area contributed by atoms with Gasteiger partial charge in [-0.3, -0.25) is 4.79 Å². The molecule has 0 aromatic heterocycles. The molecule has 14 heavy (non-hydrogen) atoms. The highest BCUT2D eigenvalue weighted by atomic mass is 32.2. The van der Waals surface area contributed by atoms with E-state index in [1.54, 1.807) is 0 Å². The van der Waals surface area contributed by atoms with Crippen molar-refractivity contribution in [2.45, 2.75) is 0 Å². The summed E-state index contributed by atoms with van der Waals surface area (Å²) >= 11 is 0. The molecule has 0 unspecified atom stereocenters. The van der Waals surface area contributed by atoms with Gasteiger partial charge >= 0.3 is 0 Å². The van der Waals surface area contributed by atoms with Gasteiger partial charge in [0.05, 0.1) is 0 Å². The van der Waals surface area contributed by atoms with E-state index in [1.807, 2.05) is 0 Å². The zero-order chi connectivity index (χ0) is 11.1. The molecular weight excluding hydrogens is 232 g/mol. The summed E-state index contributed by atoms with van der Waals surface area (Å²) in [5.74, 6) is 0. The molecule has 0 saturated heterocycles. The van der Waals surface area contributed by atoms with Crippen molar-refractivity contribution >= 4 is 30.7 Å². The Kier molecular flexibility index (Phi) is 2.24. The van der Waals surface area contributed by atoms with Crippen molar-refractivity contribution in [3.63, 3.8) is 0 Å². The Labute approximate surface area is 80.3 Å². The van der Waals surface area contributed by atoms with Gasteiger partial charge in [-0.1, -0.05) is 0 Å². The summed E-state index contributed by atoms with van der Waals surface area (Å²) in [6.07, 6.45) is 1.38. The minimum Gasteiger partial charge on any atom is -0.388 e. The third-order valence-electron chi connectivity index (χ3n) is 1.34. The van der Waals surface area contributed by atoms with E-state index in [4.69, 9.17) is 5.73 Å². The van der Waals surface area contributed by atoms with Gasteiger partial charge in [-0.15, -0.1) is 0 Å². The van der Waals surface area contributed by atoms with Gasteiger partial charge in [0.2, 0.25) is 9.84 Å². The van der Waals surface area contributed by atoms with Crippen LogP contribution in [0, 0.1) is 0 Å². The van der Waals surface area contributed by atoms with Crippen LogP contribution in [0.3, 0.4) is 0 Å². The molecule has 1 rings (SSSR count). The smallest absolute Gasteiger partial charge is 0.297 e. The van der Waals surface area contributed by atoms with Crippen LogP contribution in [-0.2, 0) is 24.7 Å². The first-order valence-corrected chi connectivity index (χ1v) is 6.54. The maximum Gasteiger partial charge on any atom is 0.297 e. The second-order valence-electron chi connectivity index (χ2n) is 2.56. The summed E-state index contributed by atoms with van der Waals surface area (Å²) in [6, 6.07) is 0. The standard InChI is InChI=1S/C5H6N2O5S2/c1-13(9,10)5(8)3-2-4(6)14(11,12)7-3/h2H,6H2,1H3. The van der Waals surface area contributed by atoms with Crippen LogP contribution in [0.15, 0.2) is 15.5 Å². The van der Waals surface area contributed by atoms with E-state index < -0.39 is 35.7 Å². The molecule has 0 aliphatic carbocycles. The number of nitrogens with two attached hydrogens (primary N) is 1. The highest BCUT2D eigenvalue weighted by Gasteiger charge is 2.30. The largest absolute Gasteiger partial charge is 0.388 e. The molecule has 78 valence electrons. The Balaban J connectivity index is 3.28. The SMILES string of the molecule is CS(=O)(=O)C(=O)C1=NS(=O)(=O)C(N)=C1. The van der Waals surface area contributed by atoms with Crippen molar-refractivity contribution < 1.29 is 21.6 Å². The number of hydrogen-bond acceptors (Lipinski definition) is 6. The zero-order valence-corrected chi connectivity index (χ0v) is 8.59. The van der Waals surface area contributed by atoms with E-state index >= 15 is 0 Å². The number of hydrogen-bond donors (Lipinski definition) is 1. The Bertz CT molecular complexity index is 551. The first kappa shape index (κ1) is 10.9. The first-order valence-electron chi connectivity index (χ1n) is 3.21. The molecule has 0 spiro atoms. The number of carbonyl (C=O) groups excluding carboxylic acids is 1. The molecule has 0 bridgehead atoms. The quantitative estimate of drug-likeness (QED) is 0.571. The van der Waals surface area contributed by atoms with Crippen LogP contribution in [0.4, 0.5) is 0 Å². The average molecular weight is 238 g/mol. The molecular formula is C5H6N2O5S2. The second-order valence-corrected chi connectivity index (χ2v) is 6.08. The lowest BCUT2D eigenvalue weighted by molar-refractivity contribution is -0.106. The molecule has 1 heterocycles. The molecule has 0 radical (unpaired) electrons. The molecule has 9 heteroatoms. The third kappa shape index (κ3) is 1.82. The van der Waals surface area contributed by atoms with Crippen molar-refractivity contribution in [1.29, 1.82) is 0 Å². The van der Waals surface area contributed by atoms with Crippen LogP contribution in [0.1, 0.15) is 0 Å². The highest BCUT2D eigenvalue weighted by molar-refractivity contribution is 8.07. The van der Waals surface area contributed by atoms with E-state index in [9.17, 15) is 21.6 Å². The molecule has 0 aromatic carbocycles. The Morgan fingerprint density at radius 3 is 2.29 bits per heavy atom. The van der Waals surface area contributed by atoms with Gasteiger partial charge < -0.3 is 5.73 Å². The third-order valence-corrected chi connectivity index (χ3v) is 3.37. The maximum atomic E-state index is 11.0. The first-order chi connectivity index (χ1) is 6.14. The predicted octanol–water partition coefficient (Wildman–Crippen LogP) is -1.86. The fourth-order valence-corrected chi connectivity index (χ4v) is 2.01. The molecule has 0 aromatic rings. The summed E-state index contributed by atoms with van der Waals surface area (Å²) in [5.41, 5.74) is 4.32. The maximum absolute atomic E-state index is 11.0. The van der Waals surface area contributed by atoms with Gasteiger partial charge in [-0.05, 0) is 0 Å². The van der Waals surface area contributed by atoms with E-state index in [2.05, 4.69) is 4.40 Å². The molecule has 1 aliphatic heterocycles. The van der Waals surface area contributed by atoms with Crippen LogP contribution < -0.4 is 5.73 Å². The second kappa shape index (κ2) is 2.89. The molecule has 1 aliphatic rings. The zero-order valence-electron chi connectivity index (χ0n) is 6.96. The van der Waals surface area contributed by atoms with Crippen molar-refractivity contribution in [2.75, 3.05) is 6.26 Å². The van der Waals surface area contributed by atoms with Crippen LogP contribution in [0.2, 0.25) is 0 Å². The fraction of sp³-hybridized carbons (Fsp3) is 0.200. The Hall–Kier alpha value is -1.22. The Morgan fingerprint density at radius 1 is 1.50 bits per heavy atom. The van der Waals surface area contributed by atoms with Crippen molar-refractivity contribution in [3.8, 4) is 0 Å². The summed E-state index contributed by atoms with van der Waals surface area (Å²) in [4.78, 5) is 11.0. The predicted molar refractivity (Wildman–Crippen MR) is 48.5 cm³/mol. The molecule has 2 N–H and O–H groups in total. The summed E-state index contributed by atoms with van der Waals surface area (Å²) in [6.45, 7) is 0. The number of carbonyl (C=O) groups is 1. The molecule has 7 nitrogen and oxygen atoms in total. The fourth-order valence-electron chi connectivity index (χ4n) is 0.704. The van der Waals surface area contributed by atoms with Crippen LogP contribution in [0.25, 0.3) is 0 Å². The lowest BCUT2D eigenvalue weighted by Crippen LogP contribution is -2.20. The summed E-state index contributed by atoms with van der Waals surface area (Å²) < 4.78 is 46.1. The van der Waals surface area contributed by atoms with Gasteiger partial charge in [-0.25, -0.2) is 8.42 Å². The van der Waals surface area contributed by atoms with Crippen LogP contribution in [-0.4, -0.2) is 33.9 Å².